The zero-order valence-corrected chi connectivity index (χ0v) is 18.1. The molecule has 1 aliphatic rings. The lowest BCUT2D eigenvalue weighted by Gasteiger charge is -2.19. The number of alkyl halides is 3. The molecule has 3 aromatic rings. The number of hydrogen-bond acceptors (Lipinski definition) is 4. The molecule has 4 rings (SSSR count). The maximum Gasteiger partial charge on any atom is 0.416 e. The van der Waals surface area contributed by atoms with E-state index in [1.807, 2.05) is 0 Å². The third-order valence-corrected chi connectivity index (χ3v) is 6.81. The largest absolute Gasteiger partial charge is 0.456 e. The van der Waals surface area contributed by atoms with Crippen LogP contribution in [0.1, 0.15) is 24.0 Å². The van der Waals surface area contributed by atoms with Crippen LogP contribution in [-0.2, 0) is 21.7 Å². The maximum atomic E-state index is 13.1. The van der Waals surface area contributed by atoms with Crippen LogP contribution in [0.2, 0.25) is 5.02 Å². The fraction of sp³-hybridized carbons (Fsp3) is 0.182. The lowest BCUT2D eigenvalue weighted by atomic mass is 10.0. The summed E-state index contributed by atoms with van der Waals surface area (Å²) in [5.74, 6) is 0.779. The molecule has 0 amide bonds. The molecule has 3 N–H and O–H groups in total. The quantitative estimate of drug-likeness (QED) is 0.458. The van der Waals surface area contributed by atoms with Gasteiger partial charge < -0.3 is 10.5 Å². The first-order valence-electron chi connectivity index (χ1n) is 9.54. The average Bonchev–Trinajstić information content (AvgIpc) is 3.48. The highest BCUT2D eigenvalue weighted by atomic mass is 35.5. The van der Waals surface area contributed by atoms with E-state index in [-0.39, 0.29) is 16.1 Å². The summed E-state index contributed by atoms with van der Waals surface area (Å²) in [6, 6.07) is 15.2. The molecule has 0 radical (unpaired) electrons. The molecule has 5 nitrogen and oxygen atoms in total. The van der Waals surface area contributed by atoms with E-state index in [9.17, 15) is 21.6 Å². The zero-order valence-electron chi connectivity index (χ0n) is 16.5. The molecular weight excluding hydrogens is 465 g/mol. The van der Waals surface area contributed by atoms with Crippen LogP contribution < -0.4 is 15.2 Å². The van der Waals surface area contributed by atoms with Gasteiger partial charge in [0.05, 0.1) is 21.2 Å². The van der Waals surface area contributed by atoms with E-state index < -0.39 is 27.3 Å². The predicted molar refractivity (Wildman–Crippen MR) is 115 cm³/mol. The Bertz CT molecular complexity index is 1260. The van der Waals surface area contributed by atoms with Gasteiger partial charge in [-0.25, -0.2) is 8.42 Å². The fourth-order valence-corrected chi connectivity index (χ4v) is 4.42. The molecule has 0 aliphatic heterocycles. The van der Waals surface area contributed by atoms with Crippen molar-refractivity contribution in [3.05, 3.63) is 82.9 Å². The Morgan fingerprint density at radius 3 is 2.25 bits per heavy atom. The van der Waals surface area contributed by atoms with Gasteiger partial charge in [0.25, 0.3) is 10.0 Å². The summed E-state index contributed by atoms with van der Waals surface area (Å²) in [4.78, 5) is -0.0864. The fourth-order valence-electron chi connectivity index (χ4n) is 3.17. The lowest BCUT2D eigenvalue weighted by molar-refractivity contribution is -0.137. The third-order valence-electron chi connectivity index (χ3n) is 5.11. The minimum Gasteiger partial charge on any atom is -0.456 e. The third kappa shape index (κ3) is 4.69. The number of hydrogen-bond donors (Lipinski definition) is 2. The molecule has 32 heavy (non-hydrogen) atoms. The van der Waals surface area contributed by atoms with Gasteiger partial charge in [-0.3, -0.25) is 4.72 Å². The molecule has 10 heteroatoms. The van der Waals surface area contributed by atoms with Crippen molar-refractivity contribution >= 4 is 27.3 Å². The van der Waals surface area contributed by atoms with Crippen molar-refractivity contribution in [2.75, 3.05) is 4.72 Å². The number of anilines is 1. The number of nitrogens with two attached hydrogens (primary N) is 1. The number of halogens is 4. The van der Waals surface area contributed by atoms with E-state index in [0.29, 0.717) is 29.4 Å². The molecule has 3 aromatic carbocycles. The van der Waals surface area contributed by atoms with E-state index in [4.69, 9.17) is 22.1 Å². The van der Waals surface area contributed by atoms with Crippen LogP contribution >= 0.6 is 11.6 Å². The molecule has 0 atom stereocenters. The van der Waals surface area contributed by atoms with Crippen molar-refractivity contribution in [2.24, 2.45) is 5.73 Å². The van der Waals surface area contributed by atoms with Crippen molar-refractivity contribution in [2.45, 2.75) is 29.5 Å². The van der Waals surface area contributed by atoms with Gasteiger partial charge >= 0.3 is 6.18 Å². The summed E-state index contributed by atoms with van der Waals surface area (Å²) in [6.07, 6.45) is -3.62. The summed E-state index contributed by atoms with van der Waals surface area (Å²) < 4.78 is 73.1. The first-order valence-corrected chi connectivity index (χ1v) is 11.4. The summed E-state index contributed by atoms with van der Waals surface area (Å²) in [5.41, 5.74) is 4.40. The van der Waals surface area contributed by atoms with E-state index in [2.05, 4.69) is 4.72 Å². The van der Waals surface area contributed by atoms with Crippen molar-refractivity contribution < 1.29 is 26.3 Å². The van der Waals surface area contributed by atoms with Crippen LogP contribution in [0.15, 0.2) is 71.6 Å². The smallest absolute Gasteiger partial charge is 0.416 e. The second-order valence-electron chi connectivity index (χ2n) is 7.52. The van der Waals surface area contributed by atoms with E-state index in [1.54, 1.807) is 24.3 Å². The van der Waals surface area contributed by atoms with E-state index in [0.717, 1.165) is 18.2 Å². The van der Waals surface area contributed by atoms with Crippen molar-refractivity contribution in [3.63, 3.8) is 0 Å². The van der Waals surface area contributed by atoms with Crippen molar-refractivity contribution in [3.8, 4) is 11.5 Å². The van der Waals surface area contributed by atoms with E-state index >= 15 is 0 Å². The van der Waals surface area contributed by atoms with Gasteiger partial charge in [0.2, 0.25) is 0 Å². The van der Waals surface area contributed by atoms with Gasteiger partial charge in [-0.1, -0.05) is 23.7 Å². The average molecular weight is 483 g/mol. The highest BCUT2D eigenvalue weighted by Crippen LogP contribution is 2.47. The molecular formula is C22H18ClF3N2O3S. The van der Waals surface area contributed by atoms with Crippen molar-refractivity contribution in [1.82, 2.24) is 0 Å². The topological polar surface area (TPSA) is 81.4 Å². The Hall–Kier alpha value is -2.75. The molecule has 1 saturated carbocycles. The zero-order chi connectivity index (χ0) is 23.1. The van der Waals surface area contributed by atoms with E-state index in [1.165, 1.54) is 24.3 Å². The molecule has 0 unspecified atom stereocenters. The Labute approximate surface area is 188 Å². The maximum absolute atomic E-state index is 13.1. The molecule has 0 bridgehead atoms. The second kappa shape index (κ2) is 7.99. The van der Waals surface area contributed by atoms with Crippen LogP contribution in [0.25, 0.3) is 0 Å². The van der Waals surface area contributed by atoms with Gasteiger partial charge in [0.15, 0.2) is 0 Å². The molecule has 0 spiro atoms. The normalized spacial score (nSPS) is 15.3. The van der Waals surface area contributed by atoms with Crippen LogP contribution in [0.4, 0.5) is 18.9 Å². The highest BCUT2D eigenvalue weighted by Gasteiger charge is 2.44. The number of rotatable bonds is 6. The van der Waals surface area contributed by atoms with Crippen LogP contribution in [0.5, 0.6) is 11.5 Å². The molecule has 0 heterocycles. The number of nitrogens with one attached hydrogen (secondary N) is 1. The first kappa shape index (κ1) is 22.4. The van der Waals surface area contributed by atoms with Crippen LogP contribution in [-0.4, -0.2) is 8.42 Å². The first-order chi connectivity index (χ1) is 15.0. The van der Waals surface area contributed by atoms with Gasteiger partial charge in [0, 0.05) is 5.54 Å². The summed E-state index contributed by atoms with van der Waals surface area (Å²) in [5, 5.41) is 0.400. The molecule has 1 aliphatic carbocycles. The molecule has 168 valence electrons. The van der Waals surface area contributed by atoms with Crippen LogP contribution in [0, 0.1) is 0 Å². The summed E-state index contributed by atoms with van der Waals surface area (Å²) >= 11 is 6.05. The lowest BCUT2D eigenvalue weighted by Crippen LogP contribution is -2.23. The van der Waals surface area contributed by atoms with Gasteiger partial charge in [-0.15, -0.1) is 0 Å². The monoisotopic (exact) mass is 482 g/mol. The highest BCUT2D eigenvalue weighted by molar-refractivity contribution is 7.92. The SMILES string of the molecule is NC1(c2cc(C(F)(F)F)ccc2NS(=O)(=O)c2ccc(Oc3ccccc3Cl)cc2)CC1. The second-order valence-corrected chi connectivity index (χ2v) is 9.61. The van der Waals surface area contributed by atoms with Gasteiger partial charge in [-0.05, 0) is 73.0 Å². The number of benzene rings is 3. The predicted octanol–water partition coefficient (Wildman–Crippen LogP) is 5.90. The Kier molecular flexibility index (Phi) is 5.60. The van der Waals surface area contributed by atoms with Crippen LogP contribution in [0.3, 0.4) is 0 Å². The number of ether oxygens (including phenoxy) is 1. The van der Waals surface area contributed by atoms with Gasteiger partial charge in [0.1, 0.15) is 11.5 Å². The standard InChI is InChI=1S/C22H18ClF3N2O3S/c23-18-3-1-2-4-20(18)31-15-6-8-16(9-7-15)32(29,30)28-19-10-5-14(22(24,25)26)13-17(19)21(27)11-12-21/h1-10,13,28H,11-12,27H2. The summed E-state index contributed by atoms with van der Waals surface area (Å²) in [7, 11) is -4.08. The van der Waals surface area contributed by atoms with Crippen molar-refractivity contribution in [1.29, 1.82) is 0 Å². The Balaban J connectivity index is 1.59. The Morgan fingerprint density at radius 1 is 1.00 bits per heavy atom. The number of para-hydroxylation sites is 1. The number of sulfonamides is 1. The minimum absolute atomic E-state index is 0.0226. The molecule has 1 fully saturated rings. The molecule has 0 saturated heterocycles. The Morgan fingerprint density at radius 2 is 1.66 bits per heavy atom. The van der Waals surface area contributed by atoms with Gasteiger partial charge in [-0.2, -0.15) is 13.2 Å². The molecule has 0 aromatic heterocycles. The summed E-state index contributed by atoms with van der Waals surface area (Å²) in [6.45, 7) is 0. The minimum atomic E-state index is -4.56.